The molecule has 1 fully saturated rings. The van der Waals surface area contributed by atoms with Crippen LogP contribution in [0.15, 0.2) is 29.2 Å². The molecule has 1 atom stereocenters. The van der Waals surface area contributed by atoms with Crippen molar-refractivity contribution >= 4 is 35.2 Å². The molecule has 0 aromatic heterocycles. The first kappa shape index (κ1) is 17.2. The van der Waals surface area contributed by atoms with E-state index in [9.17, 15) is 9.59 Å². The Hall–Kier alpha value is -1.20. The SMILES string of the molecule is CCOC(=O)C1CCCN(C(=O)CSc2ccccc2Cl)C1. The smallest absolute Gasteiger partial charge is 0.310 e. The summed E-state index contributed by atoms with van der Waals surface area (Å²) in [5, 5.41) is 0.656. The molecule has 0 aliphatic carbocycles. The predicted octanol–water partition coefficient (Wildman–Crippen LogP) is 3.23. The van der Waals surface area contributed by atoms with Gasteiger partial charge in [0.1, 0.15) is 0 Å². The van der Waals surface area contributed by atoms with E-state index in [1.54, 1.807) is 11.8 Å². The summed E-state index contributed by atoms with van der Waals surface area (Å²) in [6.45, 7) is 3.34. The molecule has 4 nitrogen and oxygen atoms in total. The van der Waals surface area contributed by atoms with Crippen LogP contribution in [0.5, 0.6) is 0 Å². The van der Waals surface area contributed by atoms with Crippen molar-refractivity contribution in [3.8, 4) is 0 Å². The van der Waals surface area contributed by atoms with Gasteiger partial charge in [0.05, 0.1) is 23.3 Å². The fourth-order valence-electron chi connectivity index (χ4n) is 2.45. The quantitative estimate of drug-likeness (QED) is 0.609. The Morgan fingerprint density at radius 3 is 2.91 bits per heavy atom. The number of esters is 1. The summed E-state index contributed by atoms with van der Waals surface area (Å²) in [6.07, 6.45) is 1.63. The summed E-state index contributed by atoms with van der Waals surface area (Å²) in [7, 11) is 0. The summed E-state index contributed by atoms with van der Waals surface area (Å²) in [4.78, 5) is 26.8. The van der Waals surface area contributed by atoms with Crippen LogP contribution in [0.4, 0.5) is 0 Å². The molecule has 120 valence electrons. The Morgan fingerprint density at radius 2 is 2.18 bits per heavy atom. The van der Waals surface area contributed by atoms with E-state index >= 15 is 0 Å². The van der Waals surface area contributed by atoms with Crippen molar-refractivity contribution in [2.45, 2.75) is 24.7 Å². The molecule has 1 amide bonds. The van der Waals surface area contributed by atoms with Gasteiger partial charge >= 0.3 is 5.97 Å². The van der Waals surface area contributed by atoms with Crippen molar-refractivity contribution in [3.05, 3.63) is 29.3 Å². The van der Waals surface area contributed by atoms with E-state index in [0.717, 1.165) is 17.7 Å². The van der Waals surface area contributed by atoms with Gasteiger partial charge in [-0.05, 0) is 31.9 Å². The zero-order chi connectivity index (χ0) is 15.9. The van der Waals surface area contributed by atoms with Crippen molar-refractivity contribution in [2.24, 2.45) is 5.92 Å². The lowest BCUT2D eigenvalue weighted by atomic mass is 9.98. The highest BCUT2D eigenvalue weighted by molar-refractivity contribution is 8.00. The highest BCUT2D eigenvalue weighted by Gasteiger charge is 2.29. The van der Waals surface area contributed by atoms with E-state index in [0.29, 0.717) is 30.5 Å². The third-order valence-electron chi connectivity index (χ3n) is 3.58. The van der Waals surface area contributed by atoms with Crippen LogP contribution in [0.3, 0.4) is 0 Å². The molecule has 1 aliphatic rings. The third-order valence-corrected chi connectivity index (χ3v) is 5.08. The molecule has 1 aliphatic heterocycles. The van der Waals surface area contributed by atoms with Gasteiger partial charge in [-0.1, -0.05) is 23.7 Å². The number of hydrogen-bond acceptors (Lipinski definition) is 4. The molecule has 0 radical (unpaired) electrons. The second kappa shape index (κ2) is 8.44. The molecular formula is C16H20ClNO3S. The molecule has 1 aromatic rings. The Bertz CT molecular complexity index is 538. The minimum Gasteiger partial charge on any atom is -0.466 e. The highest BCUT2D eigenvalue weighted by atomic mass is 35.5. The molecule has 0 saturated carbocycles. The maximum Gasteiger partial charge on any atom is 0.310 e. The number of benzene rings is 1. The number of carbonyl (C=O) groups excluding carboxylic acids is 2. The Labute approximate surface area is 140 Å². The monoisotopic (exact) mass is 341 g/mol. The number of nitrogens with zero attached hydrogens (tertiary/aromatic N) is 1. The van der Waals surface area contributed by atoms with Crippen molar-refractivity contribution in [3.63, 3.8) is 0 Å². The van der Waals surface area contributed by atoms with Crippen LogP contribution < -0.4 is 0 Å². The van der Waals surface area contributed by atoms with E-state index in [-0.39, 0.29) is 17.8 Å². The largest absolute Gasteiger partial charge is 0.466 e. The first-order chi connectivity index (χ1) is 10.6. The standard InChI is InChI=1S/C16H20ClNO3S/c1-2-21-16(20)12-6-5-9-18(10-12)15(19)11-22-14-8-4-3-7-13(14)17/h3-4,7-8,12H,2,5-6,9-11H2,1H3. The van der Waals surface area contributed by atoms with Gasteiger partial charge in [0, 0.05) is 18.0 Å². The fourth-order valence-corrected chi connectivity index (χ4v) is 3.59. The first-order valence-corrected chi connectivity index (χ1v) is 8.80. The van der Waals surface area contributed by atoms with Crippen molar-refractivity contribution in [2.75, 3.05) is 25.4 Å². The van der Waals surface area contributed by atoms with Crippen LogP contribution in [0.25, 0.3) is 0 Å². The van der Waals surface area contributed by atoms with Gasteiger partial charge in [0.2, 0.25) is 5.91 Å². The number of amides is 1. The number of halogens is 1. The number of piperidine rings is 1. The zero-order valence-corrected chi connectivity index (χ0v) is 14.2. The van der Waals surface area contributed by atoms with Crippen LogP contribution in [0, 0.1) is 5.92 Å². The van der Waals surface area contributed by atoms with Gasteiger partial charge in [-0.2, -0.15) is 0 Å². The minimum absolute atomic E-state index is 0.0407. The number of ether oxygens (including phenoxy) is 1. The number of thioether (sulfide) groups is 1. The molecule has 0 N–H and O–H groups in total. The lowest BCUT2D eigenvalue weighted by Crippen LogP contribution is -2.43. The summed E-state index contributed by atoms with van der Waals surface area (Å²) in [6, 6.07) is 7.48. The van der Waals surface area contributed by atoms with Gasteiger partial charge in [0.25, 0.3) is 0 Å². The number of hydrogen-bond donors (Lipinski definition) is 0. The van der Waals surface area contributed by atoms with Crippen LogP contribution >= 0.6 is 23.4 Å². The highest BCUT2D eigenvalue weighted by Crippen LogP contribution is 2.27. The summed E-state index contributed by atoms with van der Waals surface area (Å²) in [5.74, 6) is -0.0140. The van der Waals surface area contributed by atoms with Crippen LogP contribution in [-0.2, 0) is 14.3 Å². The number of carbonyl (C=O) groups is 2. The minimum atomic E-state index is -0.196. The van der Waals surface area contributed by atoms with Crippen LogP contribution in [-0.4, -0.2) is 42.2 Å². The van der Waals surface area contributed by atoms with Gasteiger partial charge in [0.15, 0.2) is 0 Å². The first-order valence-electron chi connectivity index (χ1n) is 7.43. The average molecular weight is 342 g/mol. The van der Waals surface area contributed by atoms with Crippen molar-refractivity contribution in [1.29, 1.82) is 0 Å². The second-order valence-electron chi connectivity index (χ2n) is 5.15. The zero-order valence-electron chi connectivity index (χ0n) is 12.6. The summed E-state index contributed by atoms with van der Waals surface area (Å²) >= 11 is 7.52. The van der Waals surface area contributed by atoms with E-state index in [1.165, 1.54) is 11.8 Å². The fraction of sp³-hybridized carbons (Fsp3) is 0.500. The van der Waals surface area contributed by atoms with Gasteiger partial charge in [-0.3, -0.25) is 9.59 Å². The molecular weight excluding hydrogens is 322 g/mol. The second-order valence-corrected chi connectivity index (χ2v) is 6.57. The molecule has 22 heavy (non-hydrogen) atoms. The molecule has 1 saturated heterocycles. The molecule has 0 bridgehead atoms. The van der Waals surface area contributed by atoms with E-state index in [4.69, 9.17) is 16.3 Å². The Balaban J connectivity index is 1.87. The van der Waals surface area contributed by atoms with Crippen LogP contribution in [0.1, 0.15) is 19.8 Å². The number of likely N-dealkylation sites (tertiary alicyclic amines) is 1. The van der Waals surface area contributed by atoms with Crippen molar-refractivity contribution < 1.29 is 14.3 Å². The van der Waals surface area contributed by atoms with Gasteiger partial charge in [-0.25, -0.2) is 0 Å². The Kier molecular flexibility index (Phi) is 6.58. The summed E-state index contributed by atoms with van der Waals surface area (Å²) < 4.78 is 5.05. The summed E-state index contributed by atoms with van der Waals surface area (Å²) in [5.41, 5.74) is 0. The molecule has 1 heterocycles. The lowest BCUT2D eigenvalue weighted by Gasteiger charge is -2.31. The molecule has 0 spiro atoms. The molecule has 1 unspecified atom stereocenters. The number of rotatable bonds is 5. The lowest BCUT2D eigenvalue weighted by molar-refractivity contribution is -0.151. The van der Waals surface area contributed by atoms with E-state index in [1.807, 2.05) is 24.3 Å². The van der Waals surface area contributed by atoms with Crippen molar-refractivity contribution in [1.82, 2.24) is 4.90 Å². The topological polar surface area (TPSA) is 46.6 Å². The van der Waals surface area contributed by atoms with Crippen LogP contribution in [0.2, 0.25) is 5.02 Å². The van der Waals surface area contributed by atoms with Gasteiger partial charge in [-0.15, -0.1) is 11.8 Å². The maximum atomic E-state index is 12.3. The average Bonchev–Trinajstić information content (AvgIpc) is 2.54. The van der Waals surface area contributed by atoms with E-state index < -0.39 is 0 Å². The molecule has 1 aromatic carbocycles. The Morgan fingerprint density at radius 1 is 1.41 bits per heavy atom. The third kappa shape index (κ3) is 4.65. The predicted molar refractivity (Wildman–Crippen MR) is 88.1 cm³/mol. The van der Waals surface area contributed by atoms with Gasteiger partial charge < -0.3 is 9.64 Å². The van der Waals surface area contributed by atoms with E-state index in [2.05, 4.69) is 0 Å². The normalized spacial score (nSPS) is 18.1. The maximum absolute atomic E-state index is 12.3. The molecule has 2 rings (SSSR count). The molecule has 6 heteroatoms.